The number of amides is 2. The van der Waals surface area contributed by atoms with Crippen molar-refractivity contribution in [3.63, 3.8) is 0 Å². The molecule has 144 valence electrons. The molecular formula is C20H26N4O3. The maximum Gasteiger partial charge on any atom is 0.251 e. The van der Waals surface area contributed by atoms with Crippen LogP contribution in [-0.4, -0.2) is 34.5 Å². The minimum atomic E-state index is -0.281. The lowest BCUT2D eigenvalue weighted by atomic mass is 9.87. The zero-order valence-corrected chi connectivity index (χ0v) is 15.8. The number of benzene rings is 1. The van der Waals surface area contributed by atoms with Gasteiger partial charge in [0.05, 0.1) is 6.54 Å². The number of hydrogen-bond donors (Lipinski definition) is 2. The fourth-order valence-corrected chi connectivity index (χ4v) is 3.23. The minimum Gasteiger partial charge on any atom is -0.352 e. The lowest BCUT2D eigenvalue weighted by Crippen LogP contribution is -2.43. The molecule has 2 N–H and O–H groups in total. The molecular weight excluding hydrogens is 344 g/mol. The predicted octanol–water partition coefficient (Wildman–Crippen LogP) is 2.72. The number of hydrogen-bond acceptors (Lipinski definition) is 5. The van der Waals surface area contributed by atoms with Gasteiger partial charge in [-0.05, 0) is 43.7 Å². The Balaban J connectivity index is 1.48. The molecule has 7 nitrogen and oxygen atoms in total. The van der Waals surface area contributed by atoms with Gasteiger partial charge in [0.15, 0.2) is 0 Å². The predicted molar refractivity (Wildman–Crippen MR) is 101 cm³/mol. The van der Waals surface area contributed by atoms with Gasteiger partial charge in [-0.1, -0.05) is 31.1 Å². The Bertz CT molecular complexity index is 777. The van der Waals surface area contributed by atoms with Crippen molar-refractivity contribution in [2.24, 2.45) is 5.92 Å². The summed E-state index contributed by atoms with van der Waals surface area (Å²) in [5, 5.41) is 9.58. The third kappa shape index (κ3) is 5.15. The highest BCUT2D eigenvalue weighted by Gasteiger charge is 2.20. The molecule has 1 heterocycles. The Morgan fingerprint density at radius 1 is 1.15 bits per heavy atom. The molecule has 1 aromatic carbocycles. The van der Waals surface area contributed by atoms with E-state index in [0.29, 0.717) is 23.7 Å². The number of aromatic nitrogens is 2. The molecule has 1 fully saturated rings. The van der Waals surface area contributed by atoms with Crippen LogP contribution in [0, 0.1) is 5.92 Å². The van der Waals surface area contributed by atoms with E-state index in [1.54, 1.807) is 24.3 Å². The number of aryl methyl sites for hydroxylation is 1. The quantitative estimate of drug-likeness (QED) is 0.815. The first-order chi connectivity index (χ1) is 13.0. The van der Waals surface area contributed by atoms with Crippen molar-refractivity contribution in [1.29, 1.82) is 0 Å². The molecule has 27 heavy (non-hydrogen) atoms. The van der Waals surface area contributed by atoms with Crippen molar-refractivity contribution in [3.05, 3.63) is 35.7 Å². The number of carbonyl (C=O) groups is 2. The summed E-state index contributed by atoms with van der Waals surface area (Å²) in [4.78, 5) is 28.5. The number of rotatable bonds is 6. The van der Waals surface area contributed by atoms with Crippen molar-refractivity contribution >= 4 is 11.8 Å². The second kappa shape index (κ2) is 8.79. The van der Waals surface area contributed by atoms with E-state index in [-0.39, 0.29) is 24.4 Å². The van der Waals surface area contributed by atoms with Crippen LogP contribution < -0.4 is 10.6 Å². The highest BCUT2D eigenvalue weighted by atomic mass is 16.5. The molecule has 7 heteroatoms. The van der Waals surface area contributed by atoms with E-state index in [2.05, 4.69) is 27.7 Å². The van der Waals surface area contributed by atoms with Gasteiger partial charge in [0, 0.05) is 23.6 Å². The molecule has 2 amide bonds. The fraction of sp³-hybridized carbons (Fsp3) is 0.500. The van der Waals surface area contributed by atoms with Gasteiger partial charge in [0.1, 0.15) is 0 Å². The normalized spacial score (nSPS) is 19.5. The molecule has 1 aliphatic rings. The molecule has 0 spiro atoms. The van der Waals surface area contributed by atoms with Gasteiger partial charge in [0.25, 0.3) is 5.91 Å². The first-order valence-corrected chi connectivity index (χ1v) is 9.55. The molecule has 0 radical (unpaired) electrons. The maximum atomic E-state index is 12.2. The Kier molecular flexibility index (Phi) is 6.21. The van der Waals surface area contributed by atoms with Gasteiger partial charge < -0.3 is 15.2 Å². The second-order valence-corrected chi connectivity index (χ2v) is 7.15. The topological polar surface area (TPSA) is 97.1 Å². The third-order valence-electron chi connectivity index (χ3n) is 4.97. The SMILES string of the molecule is CCc1nc(-c2ccc(C(=O)NCC(=O)NC3CCC(C)CC3)cc2)no1. The highest BCUT2D eigenvalue weighted by molar-refractivity contribution is 5.96. The first kappa shape index (κ1) is 19.1. The van der Waals surface area contributed by atoms with E-state index < -0.39 is 0 Å². The minimum absolute atomic E-state index is 0.0165. The number of nitrogens with one attached hydrogen (secondary N) is 2. The molecule has 1 aromatic heterocycles. The van der Waals surface area contributed by atoms with Crippen molar-refractivity contribution in [1.82, 2.24) is 20.8 Å². The summed E-state index contributed by atoms with van der Waals surface area (Å²) in [6, 6.07) is 7.14. The van der Waals surface area contributed by atoms with Crippen molar-refractivity contribution in [2.75, 3.05) is 6.54 Å². The van der Waals surface area contributed by atoms with Crippen LogP contribution in [-0.2, 0) is 11.2 Å². The summed E-state index contributed by atoms with van der Waals surface area (Å²) in [6.07, 6.45) is 4.99. The van der Waals surface area contributed by atoms with Crippen molar-refractivity contribution in [2.45, 2.75) is 52.0 Å². The van der Waals surface area contributed by atoms with Crippen LogP contribution in [0.4, 0.5) is 0 Å². The molecule has 0 saturated heterocycles. The summed E-state index contributed by atoms with van der Waals surface area (Å²) in [6.45, 7) is 4.16. The van der Waals surface area contributed by atoms with Crippen LogP contribution in [0.3, 0.4) is 0 Å². The lowest BCUT2D eigenvalue weighted by molar-refractivity contribution is -0.121. The van der Waals surface area contributed by atoms with E-state index in [1.807, 2.05) is 6.92 Å². The first-order valence-electron chi connectivity index (χ1n) is 9.55. The maximum absolute atomic E-state index is 12.2. The van der Waals surface area contributed by atoms with E-state index in [0.717, 1.165) is 37.2 Å². The number of nitrogens with zero attached hydrogens (tertiary/aromatic N) is 2. The van der Waals surface area contributed by atoms with E-state index in [1.165, 1.54) is 0 Å². The van der Waals surface area contributed by atoms with Gasteiger partial charge in [-0.3, -0.25) is 9.59 Å². The zero-order valence-electron chi connectivity index (χ0n) is 15.8. The Hall–Kier alpha value is -2.70. The number of carbonyl (C=O) groups excluding carboxylic acids is 2. The molecule has 0 bridgehead atoms. The monoisotopic (exact) mass is 370 g/mol. The molecule has 1 saturated carbocycles. The van der Waals surface area contributed by atoms with E-state index in [9.17, 15) is 9.59 Å². The van der Waals surface area contributed by atoms with Gasteiger partial charge in [-0.2, -0.15) is 4.98 Å². The summed E-state index contributed by atoms with van der Waals surface area (Å²) in [7, 11) is 0. The third-order valence-corrected chi connectivity index (χ3v) is 4.97. The summed E-state index contributed by atoms with van der Waals surface area (Å²) >= 11 is 0. The lowest BCUT2D eigenvalue weighted by Gasteiger charge is -2.26. The zero-order chi connectivity index (χ0) is 19.2. The van der Waals surface area contributed by atoms with Gasteiger partial charge in [0.2, 0.25) is 17.6 Å². The Morgan fingerprint density at radius 3 is 2.48 bits per heavy atom. The molecule has 3 rings (SSSR count). The van der Waals surface area contributed by atoms with Gasteiger partial charge in [-0.25, -0.2) is 0 Å². The second-order valence-electron chi connectivity index (χ2n) is 7.15. The van der Waals surface area contributed by atoms with Crippen LogP contribution in [0.25, 0.3) is 11.4 Å². The Morgan fingerprint density at radius 2 is 1.85 bits per heavy atom. The van der Waals surface area contributed by atoms with Gasteiger partial charge >= 0.3 is 0 Å². The average molecular weight is 370 g/mol. The molecule has 0 unspecified atom stereocenters. The molecule has 1 aliphatic carbocycles. The average Bonchev–Trinajstić information content (AvgIpc) is 3.17. The standard InChI is InChI=1S/C20H26N4O3/c1-3-18-23-19(24-27-18)14-6-8-15(9-7-14)20(26)21-12-17(25)22-16-10-4-13(2)5-11-16/h6-9,13,16H,3-5,10-12H2,1-2H3,(H,21,26)(H,22,25). The van der Waals surface area contributed by atoms with Gasteiger partial charge in [-0.15, -0.1) is 0 Å². The summed E-state index contributed by atoms with van der Waals surface area (Å²) in [5.74, 6) is 1.39. The summed E-state index contributed by atoms with van der Waals surface area (Å²) < 4.78 is 5.09. The summed E-state index contributed by atoms with van der Waals surface area (Å²) in [5.41, 5.74) is 1.26. The van der Waals surface area contributed by atoms with Crippen LogP contribution in [0.1, 0.15) is 55.8 Å². The van der Waals surface area contributed by atoms with Crippen LogP contribution in [0.2, 0.25) is 0 Å². The van der Waals surface area contributed by atoms with Crippen LogP contribution in [0.15, 0.2) is 28.8 Å². The van der Waals surface area contributed by atoms with Crippen molar-refractivity contribution < 1.29 is 14.1 Å². The molecule has 0 atom stereocenters. The fourth-order valence-electron chi connectivity index (χ4n) is 3.23. The largest absolute Gasteiger partial charge is 0.352 e. The Labute approximate surface area is 158 Å². The highest BCUT2D eigenvalue weighted by Crippen LogP contribution is 2.23. The molecule has 0 aliphatic heterocycles. The van der Waals surface area contributed by atoms with Crippen LogP contribution >= 0.6 is 0 Å². The van der Waals surface area contributed by atoms with Crippen molar-refractivity contribution in [3.8, 4) is 11.4 Å². The van der Waals surface area contributed by atoms with Crippen LogP contribution in [0.5, 0.6) is 0 Å². The van der Waals surface area contributed by atoms with E-state index >= 15 is 0 Å². The van der Waals surface area contributed by atoms with E-state index in [4.69, 9.17) is 4.52 Å². The smallest absolute Gasteiger partial charge is 0.251 e. The molecule has 2 aromatic rings.